The van der Waals surface area contributed by atoms with Gasteiger partial charge in [-0.1, -0.05) is 11.6 Å². The predicted molar refractivity (Wildman–Crippen MR) is 79.3 cm³/mol. The molecule has 0 atom stereocenters. The average Bonchev–Trinajstić information content (AvgIpc) is 2.64. The molecule has 0 aromatic carbocycles. The molecule has 2 aromatic rings. The molecule has 0 aliphatic heterocycles. The van der Waals surface area contributed by atoms with E-state index in [0.29, 0.717) is 21.6 Å². The monoisotopic (exact) mass is 309 g/mol. The van der Waals surface area contributed by atoms with Gasteiger partial charge in [0.25, 0.3) is 0 Å². The van der Waals surface area contributed by atoms with E-state index in [1.54, 1.807) is 26.8 Å². The van der Waals surface area contributed by atoms with Crippen LogP contribution >= 0.6 is 11.6 Å². The normalized spacial score (nSPS) is 11.6. The fourth-order valence-corrected chi connectivity index (χ4v) is 2.10. The first-order chi connectivity index (χ1) is 9.67. The van der Waals surface area contributed by atoms with Gasteiger partial charge in [-0.15, -0.1) is 0 Å². The summed E-state index contributed by atoms with van der Waals surface area (Å²) in [7, 11) is 0. The van der Waals surface area contributed by atoms with Gasteiger partial charge >= 0.3 is 6.09 Å². The second kappa shape index (κ2) is 5.37. The Labute approximate surface area is 126 Å². The number of carbonyl (C=O) groups excluding carboxylic acids is 2. The number of ether oxygens (including phenoxy) is 1. The fourth-order valence-electron chi connectivity index (χ4n) is 1.86. The molecule has 0 unspecified atom stereocenters. The Kier molecular flexibility index (Phi) is 3.91. The summed E-state index contributed by atoms with van der Waals surface area (Å²) in [5.74, 6) is -0.459. The maximum atomic E-state index is 12.1. The Hall–Kier alpha value is -2.08. The average molecular weight is 310 g/mol. The van der Waals surface area contributed by atoms with E-state index in [1.807, 2.05) is 0 Å². The van der Waals surface area contributed by atoms with Gasteiger partial charge in [0.1, 0.15) is 5.60 Å². The molecule has 0 saturated heterocycles. The third-order valence-electron chi connectivity index (χ3n) is 2.62. The van der Waals surface area contributed by atoms with E-state index in [4.69, 9.17) is 22.1 Å². The highest BCUT2D eigenvalue weighted by Gasteiger charge is 2.21. The number of hydrogen-bond acceptors (Lipinski definition) is 4. The molecule has 0 bridgehead atoms. The first-order valence-electron chi connectivity index (χ1n) is 6.34. The van der Waals surface area contributed by atoms with Crippen LogP contribution in [-0.4, -0.2) is 27.2 Å². The molecule has 0 spiro atoms. The Morgan fingerprint density at radius 1 is 1.43 bits per heavy atom. The molecule has 2 aromatic heterocycles. The zero-order valence-corrected chi connectivity index (χ0v) is 12.8. The number of nitrogens with zero attached hydrogens (tertiary/aromatic N) is 2. The molecule has 0 fully saturated rings. The standard InChI is InChI=1S/C14H16ClN3O3/c1-14(2,3)21-13(20)18-7-10(15)9-4-8(5-11(16)19)6-17-12(9)18/h4,6-7H,5H2,1-3H3,(H2,16,19). The van der Waals surface area contributed by atoms with Crippen LogP contribution in [0.3, 0.4) is 0 Å². The Bertz CT molecular complexity index is 716. The minimum absolute atomic E-state index is 0.0664. The summed E-state index contributed by atoms with van der Waals surface area (Å²) in [6.07, 6.45) is 2.44. The van der Waals surface area contributed by atoms with Crippen LogP contribution < -0.4 is 5.73 Å². The second-order valence-corrected chi connectivity index (χ2v) is 6.09. The molecule has 2 rings (SSSR count). The number of rotatable bonds is 2. The van der Waals surface area contributed by atoms with E-state index in [1.165, 1.54) is 17.0 Å². The molecular formula is C14H16ClN3O3. The summed E-state index contributed by atoms with van der Waals surface area (Å²) in [5.41, 5.74) is 5.55. The lowest BCUT2D eigenvalue weighted by molar-refractivity contribution is -0.117. The number of aromatic nitrogens is 2. The van der Waals surface area contributed by atoms with Gasteiger partial charge in [0, 0.05) is 17.8 Å². The SMILES string of the molecule is CC(C)(C)OC(=O)n1cc(Cl)c2cc(CC(N)=O)cnc21. The molecule has 0 saturated carbocycles. The first-order valence-corrected chi connectivity index (χ1v) is 6.72. The number of carbonyl (C=O) groups is 2. The molecule has 0 aliphatic carbocycles. The highest BCUT2D eigenvalue weighted by atomic mass is 35.5. The van der Waals surface area contributed by atoms with Crippen molar-refractivity contribution in [3.63, 3.8) is 0 Å². The van der Waals surface area contributed by atoms with Gasteiger partial charge in [0.2, 0.25) is 5.91 Å². The molecule has 0 radical (unpaired) electrons. The summed E-state index contributed by atoms with van der Waals surface area (Å²) in [5, 5.41) is 0.927. The third-order valence-corrected chi connectivity index (χ3v) is 2.92. The Morgan fingerprint density at radius 3 is 2.67 bits per heavy atom. The highest BCUT2D eigenvalue weighted by Crippen LogP contribution is 2.26. The van der Waals surface area contributed by atoms with Crippen molar-refractivity contribution in [2.24, 2.45) is 5.73 Å². The zero-order valence-electron chi connectivity index (χ0n) is 12.0. The molecule has 21 heavy (non-hydrogen) atoms. The number of halogens is 1. The summed E-state index contributed by atoms with van der Waals surface area (Å²) in [6.45, 7) is 5.32. The number of fused-ring (bicyclic) bond motifs is 1. The van der Waals surface area contributed by atoms with Gasteiger partial charge in [-0.25, -0.2) is 14.3 Å². The van der Waals surface area contributed by atoms with Crippen molar-refractivity contribution in [3.05, 3.63) is 29.0 Å². The van der Waals surface area contributed by atoms with Crippen LogP contribution in [-0.2, 0) is 16.0 Å². The minimum atomic E-state index is -0.619. The van der Waals surface area contributed by atoms with E-state index in [2.05, 4.69) is 4.98 Å². The van der Waals surface area contributed by atoms with Crippen LogP contribution in [0.25, 0.3) is 11.0 Å². The first kappa shape index (κ1) is 15.3. The zero-order chi connectivity index (χ0) is 15.8. The smallest absolute Gasteiger partial charge is 0.420 e. The summed E-state index contributed by atoms with van der Waals surface area (Å²) >= 11 is 6.12. The van der Waals surface area contributed by atoms with E-state index in [-0.39, 0.29) is 6.42 Å². The number of amides is 1. The lowest BCUT2D eigenvalue weighted by atomic mass is 10.2. The van der Waals surface area contributed by atoms with Crippen LogP contribution in [0.1, 0.15) is 26.3 Å². The van der Waals surface area contributed by atoms with Crippen molar-refractivity contribution in [1.82, 2.24) is 9.55 Å². The number of primary amides is 1. The molecule has 7 heteroatoms. The van der Waals surface area contributed by atoms with Gasteiger partial charge in [-0.2, -0.15) is 0 Å². The summed E-state index contributed by atoms with van der Waals surface area (Å²) in [4.78, 5) is 27.2. The van der Waals surface area contributed by atoms with Crippen molar-refractivity contribution >= 4 is 34.6 Å². The molecule has 0 aliphatic rings. The second-order valence-electron chi connectivity index (χ2n) is 5.69. The lowest BCUT2D eigenvalue weighted by Crippen LogP contribution is -2.26. The van der Waals surface area contributed by atoms with E-state index in [0.717, 1.165) is 0 Å². The molecule has 2 heterocycles. The number of nitrogens with two attached hydrogens (primary N) is 1. The lowest BCUT2D eigenvalue weighted by Gasteiger charge is -2.19. The van der Waals surface area contributed by atoms with Crippen molar-refractivity contribution in [2.75, 3.05) is 0 Å². The summed E-state index contributed by atoms with van der Waals surface area (Å²) < 4.78 is 6.54. The minimum Gasteiger partial charge on any atom is -0.443 e. The van der Waals surface area contributed by atoms with Crippen molar-refractivity contribution in [2.45, 2.75) is 32.8 Å². The Morgan fingerprint density at radius 2 is 2.10 bits per heavy atom. The van der Waals surface area contributed by atoms with E-state index >= 15 is 0 Å². The maximum absolute atomic E-state index is 12.1. The van der Waals surface area contributed by atoms with Crippen LogP contribution in [0, 0.1) is 0 Å². The van der Waals surface area contributed by atoms with Crippen molar-refractivity contribution in [1.29, 1.82) is 0 Å². The maximum Gasteiger partial charge on any atom is 0.420 e. The fraction of sp³-hybridized carbons (Fsp3) is 0.357. The largest absolute Gasteiger partial charge is 0.443 e. The van der Waals surface area contributed by atoms with Gasteiger partial charge in [0.05, 0.1) is 11.4 Å². The number of hydrogen-bond donors (Lipinski definition) is 1. The highest BCUT2D eigenvalue weighted by molar-refractivity contribution is 6.35. The van der Waals surface area contributed by atoms with Gasteiger partial charge < -0.3 is 10.5 Å². The van der Waals surface area contributed by atoms with Crippen LogP contribution in [0.2, 0.25) is 5.02 Å². The van der Waals surface area contributed by atoms with Crippen molar-refractivity contribution < 1.29 is 14.3 Å². The van der Waals surface area contributed by atoms with Gasteiger partial charge in [-0.05, 0) is 32.4 Å². The van der Waals surface area contributed by atoms with Gasteiger partial charge in [0.15, 0.2) is 5.65 Å². The quantitative estimate of drug-likeness (QED) is 0.923. The van der Waals surface area contributed by atoms with Crippen LogP contribution in [0.5, 0.6) is 0 Å². The topological polar surface area (TPSA) is 87.2 Å². The molecular weight excluding hydrogens is 294 g/mol. The molecule has 2 N–H and O–H groups in total. The predicted octanol–water partition coefficient (Wildman–Crippen LogP) is 2.50. The van der Waals surface area contributed by atoms with E-state index in [9.17, 15) is 9.59 Å². The Balaban J connectivity index is 2.43. The van der Waals surface area contributed by atoms with Crippen LogP contribution in [0.4, 0.5) is 4.79 Å². The van der Waals surface area contributed by atoms with E-state index < -0.39 is 17.6 Å². The molecule has 6 nitrogen and oxygen atoms in total. The number of pyridine rings is 1. The third kappa shape index (κ3) is 3.52. The molecule has 112 valence electrons. The molecule has 1 amide bonds. The van der Waals surface area contributed by atoms with Gasteiger partial charge in [-0.3, -0.25) is 4.79 Å². The van der Waals surface area contributed by atoms with Crippen LogP contribution in [0.15, 0.2) is 18.5 Å². The van der Waals surface area contributed by atoms with Crippen molar-refractivity contribution in [3.8, 4) is 0 Å². The summed E-state index contributed by atoms with van der Waals surface area (Å²) in [6, 6.07) is 1.69.